The van der Waals surface area contributed by atoms with Gasteiger partial charge in [-0.1, -0.05) is 33.8 Å². The maximum absolute atomic E-state index is 12.5. The fraction of sp³-hybridized carbons (Fsp3) is 0.409. The lowest BCUT2D eigenvalue weighted by Gasteiger charge is -2.18. The van der Waals surface area contributed by atoms with Gasteiger partial charge < -0.3 is 10.1 Å². The van der Waals surface area contributed by atoms with E-state index in [1.165, 1.54) is 22.0 Å². The first-order valence-electron chi connectivity index (χ1n) is 10.0. The number of ether oxygens (including phenoxy) is 1. The number of halogens is 1. The van der Waals surface area contributed by atoms with Crippen molar-refractivity contribution < 1.29 is 17.9 Å². The predicted octanol–water partition coefficient (Wildman–Crippen LogP) is 5.01. The minimum absolute atomic E-state index is 0.152. The van der Waals surface area contributed by atoms with Gasteiger partial charge in [0.15, 0.2) is 6.61 Å². The smallest absolute Gasteiger partial charge is 0.262 e. The van der Waals surface area contributed by atoms with Crippen molar-refractivity contribution in [1.82, 2.24) is 4.31 Å². The molecule has 1 unspecified atom stereocenters. The Morgan fingerprint density at radius 1 is 1.10 bits per heavy atom. The van der Waals surface area contributed by atoms with Gasteiger partial charge in [-0.25, -0.2) is 8.42 Å². The predicted molar refractivity (Wildman–Crippen MR) is 124 cm³/mol. The minimum Gasteiger partial charge on any atom is -0.483 e. The maximum Gasteiger partial charge on any atom is 0.262 e. The van der Waals surface area contributed by atoms with E-state index in [2.05, 4.69) is 35.1 Å². The van der Waals surface area contributed by atoms with Crippen molar-refractivity contribution in [2.75, 3.05) is 25.0 Å². The van der Waals surface area contributed by atoms with Crippen molar-refractivity contribution in [3.05, 3.63) is 52.5 Å². The highest BCUT2D eigenvalue weighted by atomic mass is 79.9. The quantitative estimate of drug-likeness (QED) is 0.501. The first-order chi connectivity index (χ1) is 14.2. The van der Waals surface area contributed by atoms with E-state index >= 15 is 0 Å². The Morgan fingerprint density at radius 3 is 2.27 bits per heavy atom. The molecule has 1 N–H and O–H groups in total. The van der Waals surface area contributed by atoms with Crippen LogP contribution < -0.4 is 10.1 Å². The number of rotatable bonds is 10. The molecular weight excluding hydrogens is 468 g/mol. The highest BCUT2D eigenvalue weighted by molar-refractivity contribution is 9.10. The average molecular weight is 497 g/mol. The SMILES string of the molecule is CCC(C)c1ccc(OCC(=O)Nc2ccc(S(=O)(=O)N(CC)CC)cc2)c(Br)c1. The molecule has 164 valence electrons. The third-order valence-electron chi connectivity index (χ3n) is 4.98. The van der Waals surface area contributed by atoms with E-state index in [1.54, 1.807) is 26.0 Å². The third kappa shape index (κ3) is 6.06. The number of carbonyl (C=O) groups excluding carboxylic acids is 1. The van der Waals surface area contributed by atoms with Crippen molar-refractivity contribution in [1.29, 1.82) is 0 Å². The molecule has 0 saturated carbocycles. The van der Waals surface area contributed by atoms with Crippen molar-refractivity contribution in [2.24, 2.45) is 0 Å². The van der Waals surface area contributed by atoms with Gasteiger partial charge in [0.05, 0.1) is 9.37 Å². The van der Waals surface area contributed by atoms with Gasteiger partial charge in [-0.3, -0.25) is 4.79 Å². The number of sulfonamides is 1. The fourth-order valence-electron chi connectivity index (χ4n) is 2.94. The summed E-state index contributed by atoms with van der Waals surface area (Å²) in [5.41, 5.74) is 1.72. The minimum atomic E-state index is -3.52. The van der Waals surface area contributed by atoms with E-state index in [0.29, 0.717) is 30.4 Å². The molecule has 6 nitrogen and oxygen atoms in total. The highest BCUT2D eigenvalue weighted by Crippen LogP contribution is 2.30. The molecule has 0 spiro atoms. The molecular formula is C22H29BrN2O4S. The first kappa shape index (κ1) is 24.4. The van der Waals surface area contributed by atoms with E-state index in [9.17, 15) is 13.2 Å². The Balaban J connectivity index is 1.97. The summed E-state index contributed by atoms with van der Waals surface area (Å²) in [7, 11) is -3.52. The summed E-state index contributed by atoms with van der Waals surface area (Å²) in [6.07, 6.45) is 1.05. The average Bonchev–Trinajstić information content (AvgIpc) is 2.73. The molecule has 8 heteroatoms. The first-order valence-corrected chi connectivity index (χ1v) is 12.3. The lowest BCUT2D eigenvalue weighted by atomic mass is 9.99. The van der Waals surface area contributed by atoms with Crippen molar-refractivity contribution >= 4 is 37.5 Å². The highest BCUT2D eigenvalue weighted by Gasteiger charge is 2.21. The lowest BCUT2D eigenvalue weighted by molar-refractivity contribution is -0.118. The van der Waals surface area contributed by atoms with Crippen molar-refractivity contribution in [3.8, 4) is 5.75 Å². The van der Waals surface area contributed by atoms with Crippen LogP contribution in [0.4, 0.5) is 5.69 Å². The number of nitrogens with one attached hydrogen (secondary N) is 1. The number of hydrogen-bond acceptors (Lipinski definition) is 4. The molecule has 1 atom stereocenters. The van der Waals surface area contributed by atoms with E-state index in [4.69, 9.17) is 4.74 Å². The van der Waals surface area contributed by atoms with Gasteiger partial charge in [0.25, 0.3) is 5.91 Å². The number of carbonyl (C=O) groups is 1. The Bertz CT molecular complexity index is 958. The summed E-state index contributed by atoms with van der Waals surface area (Å²) in [5.74, 6) is 0.720. The molecule has 0 saturated heterocycles. The number of hydrogen-bond donors (Lipinski definition) is 1. The molecule has 0 bridgehead atoms. The van der Waals surface area contributed by atoms with Crippen LogP contribution >= 0.6 is 15.9 Å². The van der Waals surface area contributed by atoms with Crippen LogP contribution in [0.3, 0.4) is 0 Å². The molecule has 0 fully saturated rings. The summed E-state index contributed by atoms with van der Waals surface area (Å²) in [6, 6.07) is 12.0. The van der Waals surface area contributed by atoms with E-state index in [-0.39, 0.29) is 17.4 Å². The molecule has 0 heterocycles. The van der Waals surface area contributed by atoms with Crippen LogP contribution in [0.25, 0.3) is 0 Å². The zero-order valence-corrected chi connectivity index (χ0v) is 20.2. The second-order valence-electron chi connectivity index (χ2n) is 6.95. The number of anilines is 1. The molecule has 0 aliphatic rings. The molecule has 2 aromatic carbocycles. The zero-order valence-electron chi connectivity index (χ0n) is 17.8. The molecule has 0 aliphatic carbocycles. The Morgan fingerprint density at radius 2 is 1.73 bits per heavy atom. The van der Waals surface area contributed by atoms with Crippen LogP contribution in [-0.2, 0) is 14.8 Å². The molecule has 0 radical (unpaired) electrons. The molecule has 2 rings (SSSR count). The maximum atomic E-state index is 12.5. The largest absolute Gasteiger partial charge is 0.483 e. The second kappa shape index (κ2) is 10.9. The summed E-state index contributed by atoms with van der Waals surface area (Å²) in [4.78, 5) is 12.4. The number of amides is 1. The van der Waals surface area contributed by atoms with Gasteiger partial charge in [-0.2, -0.15) is 4.31 Å². The standard InChI is InChI=1S/C22H29BrN2O4S/c1-5-16(4)17-8-13-21(20(23)14-17)29-15-22(26)24-18-9-11-19(12-10-18)30(27,28)25(6-2)7-3/h8-14,16H,5-7,15H2,1-4H3,(H,24,26). The van der Waals surface area contributed by atoms with Gasteiger partial charge in [0, 0.05) is 18.8 Å². The monoisotopic (exact) mass is 496 g/mol. The lowest BCUT2D eigenvalue weighted by Crippen LogP contribution is -2.30. The van der Waals surface area contributed by atoms with Gasteiger partial charge >= 0.3 is 0 Å². The second-order valence-corrected chi connectivity index (χ2v) is 9.74. The van der Waals surface area contributed by atoms with Crippen LogP contribution in [-0.4, -0.2) is 38.3 Å². The molecule has 0 aromatic heterocycles. The van der Waals surface area contributed by atoms with Crippen LogP contribution in [0.1, 0.15) is 45.6 Å². The van der Waals surface area contributed by atoms with Crippen LogP contribution in [0.2, 0.25) is 0 Å². The van der Waals surface area contributed by atoms with E-state index in [1.807, 2.05) is 18.2 Å². The van der Waals surface area contributed by atoms with Crippen molar-refractivity contribution in [3.63, 3.8) is 0 Å². The van der Waals surface area contributed by atoms with Crippen LogP contribution in [0, 0.1) is 0 Å². The number of nitrogens with zero attached hydrogens (tertiary/aromatic N) is 1. The molecule has 0 aliphatic heterocycles. The normalized spacial score (nSPS) is 12.6. The van der Waals surface area contributed by atoms with Gasteiger partial charge in [0.1, 0.15) is 5.75 Å². The summed E-state index contributed by atoms with van der Waals surface area (Å²) >= 11 is 3.49. The summed E-state index contributed by atoms with van der Waals surface area (Å²) < 4.78 is 32.8. The van der Waals surface area contributed by atoms with Gasteiger partial charge in [0.2, 0.25) is 10.0 Å². The fourth-order valence-corrected chi connectivity index (χ4v) is 4.91. The summed E-state index contributed by atoms with van der Waals surface area (Å²) in [6.45, 7) is 8.55. The summed E-state index contributed by atoms with van der Waals surface area (Å²) in [5, 5.41) is 2.72. The Kier molecular flexibility index (Phi) is 8.88. The van der Waals surface area contributed by atoms with Crippen LogP contribution in [0.15, 0.2) is 51.8 Å². The topological polar surface area (TPSA) is 75.7 Å². The van der Waals surface area contributed by atoms with E-state index < -0.39 is 10.0 Å². The third-order valence-corrected chi connectivity index (χ3v) is 7.66. The zero-order chi connectivity index (χ0) is 22.3. The van der Waals surface area contributed by atoms with Crippen LogP contribution in [0.5, 0.6) is 5.75 Å². The molecule has 1 amide bonds. The Labute approximate surface area is 187 Å². The molecule has 2 aromatic rings. The van der Waals surface area contributed by atoms with E-state index in [0.717, 1.165) is 10.9 Å². The van der Waals surface area contributed by atoms with Gasteiger partial charge in [-0.15, -0.1) is 0 Å². The molecule has 30 heavy (non-hydrogen) atoms. The number of benzene rings is 2. The van der Waals surface area contributed by atoms with Gasteiger partial charge in [-0.05, 0) is 70.2 Å². The Hall–Kier alpha value is -1.90. The van der Waals surface area contributed by atoms with Crippen molar-refractivity contribution in [2.45, 2.75) is 44.9 Å².